The maximum Gasteiger partial charge on any atom is 0.159 e. The summed E-state index contributed by atoms with van der Waals surface area (Å²) in [5.74, 6) is 1.55. The third kappa shape index (κ3) is 5.37. The molecule has 0 radical (unpaired) electrons. The summed E-state index contributed by atoms with van der Waals surface area (Å²) >= 11 is 0. The molecule has 11 rings (SSSR count). The van der Waals surface area contributed by atoms with E-state index in [1.165, 1.54) is 66.0 Å². The molecule has 1 unspecified atom stereocenters. The number of aryl methyl sites for hydroxylation is 1. The number of nitrogens with one attached hydrogen (secondary N) is 1. The summed E-state index contributed by atoms with van der Waals surface area (Å²) in [5, 5.41) is 10.1. The molecule has 4 heteroatoms. The van der Waals surface area contributed by atoms with E-state index < -0.39 is 0 Å². The molecular weight excluding hydrogens is 669 g/mol. The fourth-order valence-electron chi connectivity index (χ4n) is 8.68. The van der Waals surface area contributed by atoms with Crippen molar-refractivity contribution in [1.82, 2.24) is 9.88 Å². The van der Waals surface area contributed by atoms with Crippen LogP contribution in [-0.2, 0) is 12.8 Å². The second-order valence-electron chi connectivity index (χ2n) is 14.6. The summed E-state index contributed by atoms with van der Waals surface area (Å²) in [7, 11) is 0. The van der Waals surface area contributed by atoms with E-state index in [4.69, 9.17) is 9.98 Å². The average Bonchev–Trinajstić information content (AvgIpc) is 3.61. The van der Waals surface area contributed by atoms with Gasteiger partial charge in [-0.3, -0.25) is 0 Å². The van der Waals surface area contributed by atoms with E-state index >= 15 is 0 Å². The quantitative estimate of drug-likeness (QED) is 0.178. The average molecular weight is 705 g/mol. The SMILES string of the molecule is c1ccc(C2=NC(c3ccccc3)NC(c3ccc(-n4c5c(c6ccccc64)-c4ccc(-c6ccc7c(ccc8ccccc87)c6)cc4CC5)cc3)=N2)cc1. The Morgan fingerprint density at radius 2 is 1.18 bits per heavy atom. The molecule has 0 amide bonds. The van der Waals surface area contributed by atoms with Crippen molar-refractivity contribution in [1.29, 1.82) is 0 Å². The Bertz CT molecular complexity index is 2990. The number of benzene rings is 8. The third-order valence-electron chi connectivity index (χ3n) is 11.3. The minimum Gasteiger partial charge on any atom is -0.344 e. The van der Waals surface area contributed by atoms with Crippen molar-refractivity contribution in [2.75, 3.05) is 0 Å². The van der Waals surface area contributed by atoms with Crippen LogP contribution >= 0.6 is 0 Å². The van der Waals surface area contributed by atoms with Crippen LogP contribution in [0, 0.1) is 0 Å². The first-order valence-electron chi connectivity index (χ1n) is 19.1. The van der Waals surface area contributed by atoms with Crippen LogP contribution in [0.3, 0.4) is 0 Å². The summed E-state index contributed by atoms with van der Waals surface area (Å²) in [6.45, 7) is 0. The fourth-order valence-corrected chi connectivity index (χ4v) is 8.68. The molecule has 2 heterocycles. The van der Waals surface area contributed by atoms with Crippen LogP contribution in [-0.4, -0.2) is 16.2 Å². The van der Waals surface area contributed by atoms with Gasteiger partial charge < -0.3 is 9.88 Å². The predicted octanol–water partition coefficient (Wildman–Crippen LogP) is 11.9. The Kier molecular flexibility index (Phi) is 7.34. The van der Waals surface area contributed by atoms with E-state index in [1.54, 1.807) is 0 Å². The largest absolute Gasteiger partial charge is 0.344 e. The zero-order chi connectivity index (χ0) is 36.3. The number of para-hydroxylation sites is 1. The van der Waals surface area contributed by atoms with Crippen molar-refractivity contribution in [2.24, 2.45) is 9.98 Å². The lowest BCUT2D eigenvalue weighted by Gasteiger charge is -2.24. The van der Waals surface area contributed by atoms with Crippen LogP contribution in [0.4, 0.5) is 0 Å². The summed E-state index contributed by atoms with van der Waals surface area (Å²) < 4.78 is 2.47. The van der Waals surface area contributed by atoms with Gasteiger partial charge in [-0.2, -0.15) is 0 Å². The van der Waals surface area contributed by atoms with Gasteiger partial charge in [0.25, 0.3) is 0 Å². The molecule has 8 aromatic carbocycles. The standard InChI is InChI=1S/C51H36N4/c1-3-12-34(13-4-1)49-52-50(35-14-5-2-6-15-35)54-51(53-49)36-21-26-41(27-22-36)55-46-18-10-9-17-45(46)48-44-29-24-38(32-40(44)25-30-47(48)55)37-23-28-43-39(31-37)20-19-33-11-7-8-16-42(33)43/h1-24,26-29,31-32,49H,25,30H2,(H,52,53,54). The van der Waals surface area contributed by atoms with Gasteiger partial charge in [0.1, 0.15) is 12.0 Å². The molecule has 1 N–H and O–H groups in total. The van der Waals surface area contributed by atoms with Crippen molar-refractivity contribution in [3.63, 3.8) is 0 Å². The molecule has 2 aliphatic rings. The van der Waals surface area contributed by atoms with E-state index in [2.05, 4.69) is 168 Å². The zero-order valence-electron chi connectivity index (χ0n) is 30.2. The molecule has 1 aliphatic heterocycles. The van der Waals surface area contributed by atoms with E-state index in [0.717, 1.165) is 46.9 Å². The summed E-state index contributed by atoms with van der Waals surface area (Å²) in [6.07, 6.45) is 1.73. The van der Waals surface area contributed by atoms with Crippen LogP contribution < -0.4 is 5.32 Å². The first-order valence-corrected chi connectivity index (χ1v) is 19.1. The molecule has 1 aromatic heterocycles. The highest BCUT2D eigenvalue weighted by Crippen LogP contribution is 2.44. The number of rotatable bonds is 5. The van der Waals surface area contributed by atoms with Gasteiger partial charge in [0.05, 0.1) is 5.52 Å². The van der Waals surface area contributed by atoms with Gasteiger partial charge in [0.2, 0.25) is 0 Å². The molecular formula is C51H36N4. The highest BCUT2D eigenvalue weighted by atomic mass is 15.2. The third-order valence-corrected chi connectivity index (χ3v) is 11.3. The number of nitrogens with zero attached hydrogens (tertiary/aromatic N) is 3. The Morgan fingerprint density at radius 3 is 2.04 bits per heavy atom. The molecule has 260 valence electrons. The van der Waals surface area contributed by atoms with Crippen LogP contribution in [0.2, 0.25) is 0 Å². The minimum absolute atomic E-state index is 0.230. The number of hydrogen-bond acceptors (Lipinski definition) is 3. The minimum atomic E-state index is -0.230. The first kappa shape index (κ1) is 31.5. The molecule has 0 bridgehead atoms. The highest BCUT2D eigenvalue weighted by molar-refractivity contribution is 6.13. The maximum atomic E-state index is 5.04. The molecule has 0 saturated carbocycles. The van der Waals surface area contributed by atoms with Crippen LogP contribution in [0.15, 0.2) is 192 Å². The van der Waals surface area contributed by atoms with Gasteiger partial charge in [-0.15, -0.1) is 0 Å². The smallest absolute Gasteiger partial charge is 0.159 e. The van der Waals surface area contributed by atoms with E-state index in [-0.39, 0.29) is 6.17 Å². The first-order chi connectivity index (χ1) is 27.2. The van der Waals surface area contributed by atoms with Crippen LogP contribution in [0.1, 0.15) is 34.1 Å². The maximum absolute atomic E-state index is 5.04. The van der Waals surface area contributed by atoms with Crippen molar-refractivity contribution in [3.05, 3.63) is 210 Å². The van der Waals surface area contributed by atoms with Gasteiger partial charge in [-0.25, -0.2) is 9.98 Å². The molecule has 55 heavy (non-hydrogen) atoms. The molecule has 4 nitrogen and oxygen atoms in total. The second-order valence-corrected chi connectivity index (χ2v) is 14.6. The number of aliphatic imine (C=N–C) groups is 2. The fraction of sp³-hybridized carbons (Fsp3) is 0.0588. The Hall–Kier alpha value is -7.04. The Labute approximate surface area is 319 Å². The highest BCUT2D eigenvalue weighted by Gasteiger charge is 2.26. The molecule has 0 spiro atoms. The van der Waals surface area contributed by atoms with E-state index in [9.17, 15) is 0 Å². The van der Waals surface area contributed by atoms with Gasteiger partial charge in [0.15, 0.2) is 5.84 Å². The summed E-state index contributed by atoms with van der Waals surface area (Å²) in [5.41, 5.74) is 13.5. The van der Waals surface area contributed by atoms with Gasteiger partial charge >= 0.3 is 0 Å². The summed E-state index contributed by atoms with van der Waals surface area (Å²) in [6, 6.07) is 65.5. The topological polar surface area (TPSA) is 41.7 Å². The second kappa shape index (κ2) is 12.8. The lowest BCUT2D eigenvalue weighted by atomic mass is 9.86. The van der Waals surface area contributed by atoms with Crippen molar-refractivity contribution >= 4 is 44.1 Å². The van der Waals surface area contributed by atoms with Crippen molar-refractivity contribution < 1.29 is 0 Å². The van der Waals surface area contributed by atoms with Gasteiger partial charge in [-0.05, 0) is 98.6 Å². The van der Waals surface area contributed by atoms with Gasteiger partial charge in [0, 0.05) is 33.5 Å². The normalized spacial score (nSPS) is 14.9. The molecule has 1 atom stereocenters. The monoisotopic (exact) mass is 704 g/mol. The summed E-state index contributed by atoms with van der Waals surface area (Å²) in [4.78, 5) is 10.1. The lowest BCUT2D eigenvalue weighted by molar-refractivity contribution is 0.674. The number of hydrogen-bond donors (Lipinski definition) is 1. The van der Waals surface area contributed by atoms with Crippen molar-refractivity contribution in [3.8, 4) is 27.9 Å². The van der Waals surface area contributed by atoms with E-state index in [0.29, 0.717) is 0 Å². The molecule has 0 saturated heterocycles. The zero-order valence-corrected chi connectivity index (χ0v) is 30.2. The van der Waals surface area contributed by atoms with Crippen LogP contribution in [0.25, 0.3) is 60.4 Å². The number of amidine groups is 2. The van der Waals surface area contributed by atoms with Crippen molar-refractivity contribution in [2.45, 2.75) is 19.0 Å². The van der Waals surface area contributed by atoms with Gasteiger partial charge in [-0.1, -0.05) is 146 Å². The van der Waals surface area contributed by atoms with Crippen LogP contribution in [0.5, 0.6) is 0 Å². The molecule has 1 aliphatic carbocycles. The lowest BCUT2D eigenvalue weighted by Crippen LogP contribution is -2.33. The predicted molar refractivity (Wildman–Crippen MR) is 228 cm³/mol. The Balaban J connectivity index is 0.955. The molecule has 0 fully saturated rings. The molecule has 9 aromatic rings. The number of aromatic nitrogens is 1. The number of fused-ring (bicyclic) bond motifs is 8. The Morgan fingerprint density at radius 1 is 0.509 bits per heavy atom. The van der Waals surface area contributed by atoms with E-state index in [1.807, 2.05) is 24.3 Å².